The molecule has 0 fully saturated rings. The minimum absolute atomic E-state index is 0.577. The molecule has 0 aromatic heterocycles. The molecule has 0 unspecified atom stereocenters. The molecular formula is C7H11NOSi. The Morgan fingerprint density at radius 1 is 1.30 bits per heavy atom. The molecule has 0 heterocycles. The smallest absolute Gasteiger partial charge is 0.187 e. The van der Waals surface area contributed by atoms with Gasteiger partial charge in [0.25, 0.3) is 0 Å². The maximum atomic E-state index is 8.81. The molecule has 0 bridgehead atoms. The van der Waals surface area contributed by atoms with Gasteiger partial charge in [0.15, 0.2) is 9.76 Å². The quantitative estimate of drug-likeness (QED) is 0.527. The van der Waals surface area contributed by atoms with E-state index < -0.39 is 9.76 Å². The second-order valence-corrected chi connectivity index (χ2v) is 3.31. The first-order valence-corrected chi connectivity index (χ1v) is 4.59. The van der Waals surface area contributed by atoms with E-state index in [4.69, 9.17) is 10.5 Å². The van der Waals surface area contributed by atoms with Crippen LogP contribution in [-0.2, 0) is 6.54 Å². The number of rotatable bonds is 2. The third-order valence-corrected chi connectivity index (χ3v) is 2.28. The summed E-state index contributed by atoms with van der Waals surface area (Å²) in [5.41, 5.74) is 6.51. The Morgan fingerprint density at radius 3 is 2.30 bits per heavy atom. The largest absolute Gasteiger partial charge is 0.433 e. The highest BCUT2D eigenvalue weighted by Crippen LogP contribution is 1.93. The zero-order valence-corrected chi connectivity index (χ0v) is 7.16. The number of hydrogen-bond acceptors (Lipinski definition) is 2. The maximum Gasteiger partial charge on any atom is 0.187 e. The first-order chi connectivity index (χ1) is 4.86. The van der Waals surface area contributed by atoms with Gasteiger partial charge in [0.05, 0.1) is 0 Å². The van der Waals surface area contributed by atoms with Crippen LogP contribution >= 0.6 is 0 Å². The normalized spacial score (nSPS) is 11.0. The van der Waals surface area contributed by atoms with E-state index in [1.807, 2.05) is 24.3 Å². The van der Waals surface area contributed by atoms with Crippen molar-refractivity contribution in [3.63, 3.8) is 0 Å². The molecule has 1 rings (SSSR count). The number of hydrogen-bond donors (Lipinski definition) is 2. The van der Waals surface area contributed by atoms with Gasteiger partial charge in [-0.3, -0.25) is 0 Å². The number of benzene rings is 1. The summed E-state index contributed by atoms with van der Waals surface area (Å²) in [6.07, 6.45) is 0. The summed E-state index contributed by atoms with van der Waals surface area (Å²) in [7, 11) is -0.973. The van der Waals surface area contributed by atoms with Crippen molar-refractivity contribution in [2.75, 3.05) is 0 Å². The zero-order chi connectivity index (χ0) is 7.40. The Hall–Kier alpha value is -0.643. The van der Waals surface area contributed by atoms with Crippen LogP contribution < -0.4 is 10.9 Å². The van der Waals surface area contributed by atoms with Crippen molar-refractivity contribution in [3.05, 3.63) is 29.8 Å². The van der Waals surface area contributed by atoms with E-state index in [-0.39, 0.29) is 0 Å². The van der Waals surface area contributed by atoms with Crippen LogP contribution in [0, 0.1) is 0 Å². The van der Waals surface area contributed by atoms with Gasteiger partial charge in [-0.2, -0.15) is 0 Å². The van der Waals surface area contributed by atoms with Crippen LogP contribution in [0.2, 0.25) is 0 Å². The van der Waals surface area contributed by atoms with Gasteiger partial charge in [0.2, 0.25) is 0 Å². The van der Waals surface area contributed by atoms with E-state index in [1.54, 1.807) is 0 Å². The highest BCUT2D eigenvalue weighted by atomic mass is 28.2. The van der Waals surface area contributed by atoms with Crippen molar-refractivity contribution in [2.24, 2.45) is 5.73 Å². The lowest BCUT2D eigenvalue weighted by molar-refractivity contribution is 0.615. The minimum atomic E-state index is -0.973. The van der Waals surface area contributed by atoms with Crippen LogP contribution in [0.3, 0.4) is 0 Å². The topological polar surface area (TPSA) is 46.2 Å². The molecule has 1 aromatic carbocycles. The average molecular weight is 153 g/mol. The Bertz CT molecular complexity index is 174. The molecule has 0 radical (unpaired) electrons. The fourth-order valence-electron chi connectivity index (χ4n) is 0.781. The van der Waals surface area contributed by atoms with Gasteiger partial charge in [-0.05, 0) is 10.8 Å². The second-order valence-electron chi connectivity index (χ2n) is 2.18. The van der Waals surface area contributed by atoms with Gasteiger partial charge in [-0.1, -0.05) is 24.3 Å². The molecule has 0 aliphatic carbocycles. The molecule has 0 atom stereocenters. The van der Waals surface area contributed by atoms with Crippen molar-refractivity contribution in [2.45, 2.75) is 6.54 Å². The first-order valence-electron chi connectivity index (χ1n) is 3.25. The SMILES string of the molecule is NCc1ccc([SiH2]O)cc1. The fraction of sp³-hybridized carbons (Fsp3) is 0.143. The van der Waals surface area contributed by atoms with Crippen LogP contribution in [-0.4, -0.2) is 14.6 Å². The molecule has 0 spiro atoms. The zero-order valence-electron chi connectivity index (χ0n) is 5.75. The van der Waals surface area contributed by atoms with Gasteiger partial charge >= 0.3 is 0 Å². The number of nitrogens with two attached hydrogens (primary N) is 1. The third-order valence-electron chi connectivity index (χ3n) is 1.44. The molecule has 54 valence electrons. The average Bonchev–Trinajstić information content (AvgIpc) is 2.05. The predicted molar refractivity (Wildman–Crippen MR) is 44.7 cm³/mol. The molecule has 0 amide bonds. The van der Waals surface area contributed by atoms with E-state index in [9.17, 15) is 0 Å². The molecule has 3 heteroatoms. The van der Waals surface area contributed by atoms with E-state index in [1.165, 1.54) is 0 Å². The van der Waals surface area contributed by atoms with Crippen molar-refractivity contribution >= 4 is 14.9 Å². The molecule has 10 heavy (non-hydrogen) atoms. The van der Waals surface area contributed by atoms with Crippen LogP contribution in [0.4, 0.5) is 0 Å². The first kappa shape index (κ1) is 7.46. The van der Waals surface area contributed by atoms with Gasteiger partial charge in [0.1, 0.15) is 0 Å². The Labute approximate surface area is 62.6 Å². The summed E-state index contributed by atoms with van der Waals surface area (Å²) in [4.78, 5) is 8.81. The second kappa shape index (κ2) is 3.51. The lowest BCUT2D eigenvalue weighted by atomic mass is 10.2. The molecule has 0 aliphatic heterocycles. The Kier molecular flexibility index (Phi) is 2.62. The molecule has 1 aromatic rings. The highest BCUT2D eigenvalue weighted by molar-refractivity contribution is 6.45. The van der Waals surface area contributed by atoms with Gasteiger partial charge < -0.3 is 10.5 Å². The highest BCUT2D eigenvalue weighted by Gasteiger charge is 1.89. The summed E-state index contributed by atoms with van der Waals surface area (Å²) in [5.74, 6) is 0. The summed E-state index contributed by atoms with van der Waals surface area (Å²) >= 11 is 0. The summed E-state index contributed by atoms with van der Waals surface area (Å²) in [6, 6.07) is 7.79. The lowest BCUT2D eigenvalue weighted by Crippen LogP contribution is -2.12. The van der Waals surface area contributed by atoms with Crippen LogP contribution in [0.5, 0.6) is 0 Å². The molecule has 3 N–H and O–H groups in total. The summed E-state index contributed by atoms with van der Waals surface area (Å²) in [6.45, 7) is 0.577. The van der Waals surface area contributed by atoms with Crippen molar-refractivity contribution in [3.8, 4) is 0 Å². The van der Waals surface area contributed by atoms with Crippen molar-refractivity contribution < 1.29 is 4.80 Å². The Balaban J connectivity index is 2.80. The van der Waals surface area contributed by atoms with E-state index in [2.05, 4.69) is 0 Å². The molecular weight excluding hydrogens is 142 g/mol. The van der Waals surface area contributed by atoms with Crippen molar-refractivity contribution in [1.29, 1.82) is 0 Å². The molecule has 0 aliphatic rings. The van der Waals surface area contributed by atoms with Crippen LogP contribution in [0.25, 0.3) is 0 Å². The van der Waals surface area contributed by atoms with Gasteiger partial charge in [-0.15, -0.1) is 0 Å². The monoisotopic (exact) mass is 153 g/mol. The van der Waals surface area contributed by atoms with Gasteiger partial charge in [-0.25, -0.2) is 0 Å². The minimum Gasteiger partial charge on any atom is -0.433 e. The van der Waals surface area contributed by atoms with Crippen molar-refractivity contribution in [1.82, 2.24) is 0 Å². The predicted octanol–water partition coefficient (Wildman–Crippen LogP) is -1.15. The molecule has 0 saturated heterocycles. The summed E-state index contributed by atoms with van der Waals surface area (Å²) in [5, 5.41) is 1.07. The van der Waals surface area contributed by atoms with E-state index >= 15 is 0 Å². The summed E-state index contributed by atoms with van der Waals surface area (Å²) < 4.78 is 0. The van der Waals surface area contributed by atoms with E-state index in [0.29, 0.717) is 6.54 Å². The molecule has 2 nitrogen and oxygen atoms in total. The molecule has 0 saturated carbocycles. The Morgan fingerprint density at radius 2 is 1.90 bits per heavy atom. The third kappa shape index (κ3) is 1.67. The maximum absolute atomic E-state index is 8.81. The fourth-order valence-corrected chi connectivity index (χ4v) is 1.23. The van der Waals surface area contributed by atoms with Gasteiger partial charge in [0, 0.05) is 6.54 Å². The van der Waals surface area contributed by atoms with E-state index in [0.717, 1.165) is 10.8 Å². The standard InChI is InChI=1S/C7H11NOSi/c8-5-6-1-3-7(10-9)4-2-6/h1-4,9H,5,8,10H2. The van der Waals surface area contributed by atoms with Crippen LogP contribution in [0.1, 0.15) is 5.56 Å². The lowest BCUT2D eigenvalue weighted by Gasteiger charge is -1.96. The van der Waals surface area contributed by atoms with Crippen LogP contribution in [0.15, 0.2) is 24.3 Å².